The van der Waals surface area contributed by atoms with Gasteiger partial charge in [-0.2, -0.15) is 0 Å². The molecule has 2 aliphatic rings. The molecule has 0 saturated carbocycles. The Balaban J connectivity index is 1.73. The Labute approximate surface area is 113 Å². The van der Waals surface area contributed by atoms with Gasteiger partial charge >= 0.3 is 0 Å². The zero-order valence-corrected chi connectivity index (χ0v) is 12.2. The summed E-state index contributed by atoms with van der Waals surface area (Å²) in [5.41, 5.74) is 0. The normalized spacial score (nSPS) is 33.8. The van der Waals surface area contributed by atoms with E-state index in [0.717, 1.165) is 18.0 Å². The number of rotatable bonds is 5. The molecule has 1 saturated heterocycles. The molecule has 2 nitrogen and oxygen atoms in total. The Kier molecular flexibility index (Phi) is 5.71. The second kappa shape index (κ2) is 7.30. The van der Waals surface area contributed by atoms with E-state index in [2.05, 4.69) is 36.2 Å². The van der Waals surface area contributed by atoms with E-state index < -0.39 is 0 Å². The van der Waals surface area contributed by atoms with Crippen LogP contribution in [0.4, 0.5) is 0 Å². The molecule has 1 heterocycles. The van der Waals surface area contributed by atoms with Gasteiger partial charge in [0.2, 0.25) is 0 Å². The molecule has 3 atom stereocenters. The van der Waals surface area contributed by atoms with Gasteiger partial charge in [-0.15, -0.1) is 0 Å². The van der Waals surface area contributed by atoms with Gasteiger partial charge in [-0.25, -0.2) is 0 Å². The van der Waals surface area contributed by atoms with Crippen molar-refractivity contribution in [2.45, 2.75) is 64.5 Å². The van der Waals surface area contributed by atoms with Crippen molar-refractivity contribution in [2.24, 2.45) is 5.92 Å². The first-order valence-electron chi connectivity index (χ1n) is 7.92. The van der Waals surface area contributed by atoms with Crippen molar-refractivity contribution >= 4 is 0 Å². The van der Waals surface area contributed by atoms with Gasteiger partial charge in [-0.3, -0.25) is 0 Å². The zero-order valence-electron chi connectivity index (χ0n) is 12.2. The number of nitrogens with zero attached hydrogens (tertiary/aromatic N) is 1. The van der Waals surface area contributed by atoms with Crippen LogP contribution in [0.1, 0.15) is 52.4 Å². The van der Waals surface area contributed by atoms with Gasteiger partial charge in [0.1, 0.15) is 0 Å². The van der Waals surface area contributed by atoms with E-state index in [1.54, 1.807) is 0 Å². The average molecular weight is 250 g/mol. The number of likely N-dealkylation sites (tertiary alicyclic amines) is 1. The fourth-order valence-electron chi connectivity index (χ4n) is 3.38. The SMILES string of the molecule is CCCNC1CCN(CC2CC=CCC2)C(C)C1. The largest absolute Gasteiger partial charge is 0.314 e. The van der Waals surface area contributed by atoms with Crippen molar-refractivity contribution in [1.82, 2.24) is 10.2 Å². The standard InChI is InChI=1S/C16H30N2/c1-3-10-17-16-9-11-18(14(2)12-16)13-15-7-5-4-6-8-15/h4-5,14-17H,3,6-13H2,1-2H3. The molecule has 1 fully saturated rings. The van der Waals surface area contributed by atoms with E-state index in [0.29, 0.717) is 0 Å². The minimum absolute atomic E-state index is 0.763. The summed E-state index contributed by atoms with van der Waals surface area (Å²) in [6.07, 6.45) is 12.7. The molecule has 3 unspecified atom stereocenters. The molecule has 0 spiro atoms. The second-order valence-corrected chi connectivity index (χ2v) is 6.17. The lowest BCUT2D eigenvalue weighted by Gasteiger charge is -2.40. The van der Waals surface area contributed by atoms with Crippen LogP contribution in [0.3, 0.4) is 0 Å². The first-order chi connectivity index (χ1) is 8.79. The van der Waals surface area contributed by atoms with Crippen LogP contribution in [0.2, 0.25) is 0 Å². The molecule has 2 heteroatoms. The molecule has 1 aliphatic heterocycles. The van der Waals surface area contributed by atoms with Crippen molar-refractivity contribution in [2.75, 3.05) is 19.6 Å². The van der Waals surface area contributed by atoms with Crippen LogP contribution in [-0.4, -0.2) is 36.6 Å². The maximum absolute atomic E-state index is 3.69. The minimum Gasteiger partial charge on any atom is -0.314 e. The van der Waals surface area contributed by atoms with Gasteiger partial charge in [0, 0.05) is 18.6 Å². The number of allylic oxidation sites excluding steroid dienone is 2. The molecule has 0 radical (unpaired) electrons. The van der Waals surface area contributed by atoms with Gasteiger partial charge in [0.25, 0.3) is 0 Å². The summed E-state index contributed by atoms with van der Waals surface area (Å²) in [6, 6.07) is 1.53. The third kappa shape index (κ3) is 4.10. The van der Waals surface area contributed by atoms with Crippen LogP contribution in [0.5, 0.6) is 0 Å². The van der Waals surface area contributed by atoms with Crippen LogP contribution in [-0.2, 0) is 0 Å². The average Bonchev–Trinajstić information content (AvgIpc) is 2.40. The Morgan fingerprint density at radius 3 is 2.83 bits per heavy atom. The molecular weight excluding hydrogens is 220 g/mol. The monoisotopic (exact) mass is 250 g/mol. The molecule has 1 aliphatic carbocycles. The van der Waals surface area contributed by atoms with Crippen LogP contribution in [0.25, 0.3) is 0 Å². The molecule has 104 valence electrons. The van der Waals surface area contributed by atoms with E-state index in [-0.39, 0.29) is 0 Å². The number of nitrogens with one attached hydrogen (secondary N) is 1. The molecular formula is C16H30N2. The Bertz CT molecular complexity index is 262. The summed E-state index contributed by atoms with van der Waals surface area (Å²) in [7, 11) is 0. The first kappa shape index (κ1) is 14.1. The van der Waals surface area contributed by atoms with Gasteiger partial charge in [0.05, 0.1) is 0 Å². The minimum atomic E-state index is 0.763. The third-order valence-electron chi connectivity index (χ3n) is 4.57. The molecule has 1 N–H and O–H groups in total. The molecule has 2 rings (SSSR count). The van der Waals surface area contributed by atoms with E-state index in [4.69, 9.17) is 0 Å². The molecule has 0 aromatic carbocycles. The van der Waals surface area contributed by atoms with Crippen molar-refractivity contribution in [3.63, 3.8) is 0 Å². The molecule has 18 heavy (non-hydrogen) atoms. The summed E-state index contributed by atoms with van der Waals surface area (Å²) < 4.78 is 0. The number of hydrogen-bond donors (Lipinski definition) is 1. The van der Waals surface area contributed by atoms with Crippen molar-refractivity contribution in [3.8, 4) is 0 Å². The summed E-state index contributed by atoms with van der Waals surface area (Å²) in [6.45, 7) is 8.47. The quantitative estimate of drug-likeness (QED) is 0.754. The van der Waals surface area contributed by atoms with E-state index >= 15 is 0 Å². The Morgan fingerprint density at radius 1 is 1.28 bits per heavy atom. The van der Waals surface area contributed by atoms with E-state index in [1.807, 2.05) is 0 Å². The number of piperidine rings is 1. The van der Waals surface area contributed by atoms with E-state index in [9.17, 15) is 0 Å². The Hall–Kier alpha value is -0.340. The van der Waals surface area contributed by atoms with Gasteiger partial charge in [-0.05, 0) is 64.5 Å². The lowest BCUT2D eigenvalue weighted by molar-refractivity contribution is 0.113. The predicted octanol–water partition coefficient (Wildman–Crippen LogP) is 3.20. The Morgan fingerprint density at radius 2 is 2.17 bits per heavy atom. The van der Waals surface area contributed by atoms with Crippen LogP contribution >= 0.6 is 0 Å². The van der Waals surface area contributed by atoms with E-state index in [1.165, 1.54) is 58.2 Å². The summed E-state index contributed by atoms with van der Waals surface area (Å²) in [5.74, 6) is 0.914. The summed E-state index contributed by atoms with van der Waals surface area (Å²) >= 11 is 0. The lowest BCUT2D eigenvalue weighted by atomic mass is 9.91. The predicted molar refractivity (Wildman–Crippen MR) is 78.8 cm³/mol. The van der Waals surface area contributed by atoms with Gasteiger partial charge in [-0.1, -0.05) is 19.1 Å². The lowest BCUT2D eigenvalue weighted by Crippen LogP contribution is -2.49. The highest BCUT2D eigenvalue weighted by molar-refractivity contribution is 4.92. The van der Waals surface area contributed by atoms with Crippen LogP contribution < -0.4 is 5.32 Å². The highest BCUT2D eigenvalue weighted by atomic mass is 15.2. The molecule has 0 aromatic heterocycles. The zero-order chi connectivity index (χ0) is 12.8. The molecule has 0 amide bonds. The van der Waals surface area contributed by atoms with Crippen LogP contribution in [0, 0.1) is 5.92 Å². The third-order valence-corrected chi connectivity index (χ3v) is 4.57. The highest BCUT2D eigenvalue weighted by Gasteiger charge is 2.26. The second-order valence-electron chi connectivity index (χ2n) is 6.17. The first-order valence-corrected chi connectivity index (χ1v) is 7.92. The van der Waals surface area contributed by atoms with Gasteiger partial charge in [0.15, 0.2) is 0 Å². The topological polar surface area (TPSA) is 15.3 Å². The fourth-order valence-corrected chi connectivity index (χ4v) is 3.38. The summed E-state index contributed by atoms with van der Waals surface area (Å²) in [5, 5.41) is 3.69. The summed E-state index contributed by atoms with van der Waals surface area (Å²) in [4.78, 5) is 2.73. The highest BCUT2D eigenvalue weighted by Crippen LogP contribution is 2.24. The maximum Gasteiger partial charge on any atom is 0.00940 e. The van der Waals surface area contributed by atoms with Gasteiger partial charge < -0.3 is 10.2 Å². The van der Waals surface area contributed by atoms with Crippen molar-refractivity contribution in [3.05, 3.63) is 12.2 Å². The maximum atomic E-state index is 3.69. The number of hydrogen-bond acceptors (Lipinski definition) is 2. The van der Waals surface area contributed by atoms with Crippen molar-refractivity contribution in [1.29, 1.82) is 0 Å². The fraction of sp³-hybridized carbons (Fsp3) is 0.875. The molecule has 0 bridgehead atoms. The smallest absolute Gasteiger partial charge is 0.00940 e. The molecule has 0 aromatic rings. The van der Waals surface area contributed by atoms with Crippen molar-refractivity contribution < 1.29 is 0 Å². The van der Waals surface area contributed by atoms with Crippen LogP contribution in [0.15, 0.2) is 12.2 Å².